The van der Waals surface area contributed by atoms with Crippen molar-refractivity contribution < 1.29 is 4.79 Å². The van der Waals surface area contributed by atoms with E-state index in [-0.39, 0.29) is 5.91 Å². The Morgan fingerprint density at radius 3 is 3.00 bits per heavy atom. The summed E-state index contributed by atoms with van der Waals surface area (Å²) in [6.45, 7) is 1.36. The maximum absolute atomic E-state index is 12.1. The van der Waals surface area contributed by atoms with Crippen molar-refractivity contribution in [2.75, 3.05) is 5.73 Å². The quantitative estimate of drug-likeness (QED) is 0.825. The average molecular weight is 244 g/mol. The molecule has 0 bridgehead atoms. The molecule has 0 atom stereocenters. The fourth-order valence-corrected chi connectivity index (χ4v) is 2.77. The molecule has 17 heavy (non-hydrogen) atoms. The van der Waals surface area contributed by atoms with Gasteiger partial charge in [0.05, 0.1) is 0 Å². The van der Waals surface area contributed by atoms with Crippen molar-refractivity contribution in [3.63, 3.8) is 0 Å². The van der Waals surface area contributed by atoms with Gasteiger partial charge < -0.3 is 10.6 Å². The molecule has 0 saturated heterocycles. The predicted molar refractivity (Wildman–Crippen MR) is 68.8 cm³/mol. The maximum Gasteiger partial charge on any atom is 0.254 e. The normalized spacial score (nSPS) is 14.1. The van der Waals surface area contributed by atoms with Crippen LogP contribution >= 0.6 is 11.3 Å². The van der Waals surface area contributed by atoms with Gasteiger partial charge in [-0.15, -0.1) is 0 Å². The summed E-state index contributed by atoms with van der Waals surface area (Å²) in [4.78, 5) is 14.0. The van der Waals surface area contributed by atoms with E-state index in [1.54, 1.807) is 17.4 Å². The first-order valence-corrected chi connectivity index (χ1v) is 6.37. The van der Waals surface area contributed by atoms with E-state index in [0.29, 0.717) is 18.8 Å². The average Bonchev–Trinajstić information content (AvgIpc) is 2.91. The first kappa shape index (κ1) is 10.4. The molecule has 3 rings (SSSR count). The number of carbonyl (C=O) groups excluding carboxylic acids is 1. The van der Waals surface area contributed by atoms with Gasteiger partial charge >= 0.3 is 0 Å². The third-order valence-corrected chi connectivity index (χ3v) is 3.70. The topological polar surface area (TPSA) is 46.3 Å². The maximum atomic E-state index is 12.1. The molecule has 1 aliphatic heterocycles. The van der Waals surface area contributed by atoms with Crippen LogP contribution in [0.3, 0.4) is 0 Å². The number of hydrogen-bond acceptors (Lipinski definition) is 3. The van der Waals surface area contributed by atoms with Crippen LogP contribution < -0.4 is 5.73 Å². The molecule has 0 radical (unpaired) electrons. The second-order valence-electron chi connectivity index (χ2n) is 4.21. The standard InChI is InChI=1S/C13H12N2OS/c14-11-2-1-10-7-15(13(16)12(10)5-11)6-9-3-4-17-8-9/h1-5,8H,6-7,14H2. The van der Waals surface area contributed by atoms with Gasteiger partial charge in [-0.1, -0.05) is 6.07 Å². The van der Waals surface area contributed by atoms with E-state index in [0.717, 1.165) is 11.1 Å². The van der Waals surface area contributed by atoms with Crippen LogP contribution in [0.1, 0.15) is 21.5 Å². The van der Waals surface area contributed by atoms with Crippen molar-refractivity contribution in [2.24, 2.45) is 0 Å². The van der Waals surface area contributed by atoms with Crippen molar-refractivity contribution in [1.29, 1.82) is 0 Å². The van der Waals surface area contributed by atoms with E-state index >= 15 is 0 Å². The molecule has 1 aromatic carbocycles. The van der Waals surface area contributed by atoms with Crippen molar-refractivity contribution >= 4 is 22.9 Å². The zero-order valence-corrected chi connectivity index (χ0v) is 10.0. The third-order valence-electron chi connectivity index (χ3n) is 2.97. The summed E-state index contributed by atoms with van der Waals surface area (Å²) in [5.41, 5.74) is 9.36. The highest BCUT2D eigenvalue weighted by atomic mass is 32.1. The van der Waals surface area contributed by atoms with Crippen LogP contribution in [-0.2, 0) is 13.1 Å². The SMILES string of the molecule is Nc1ccc2c(c1)C(=O)N(Cc1ccsc1)C2. The van der Waals surface area contributed by atoms with Crippen LogP contribution in [0, 0.1) is 0 Å². The minimum atomic E-state index is 0.0819. The minimum Gasteiger partial charge on any atom is -0.399 e. The third kappa shape index (κ3) is 1.80. The van der Waals surface area contributed by atoms with Gasteiger partial charge in [-0.3, -0.25) is 4.79 Å². The van der Waals surface area contributed by atoms with Gasteiger partial charge in [0.2, 0.25) is 0 Å². The first-order valence-electron chi connectivity index (χ1n) is 5.43. The van der Waals surface area contributed by atoms with Gasteiger partial charge in [0.25, 0.3) is 5.91 Å². The summed E-state index contributed by atoms with van der Waals surface area (Å²) in [7, 11) is 0. The summed E-state index contributed by atoms with van der Waals surface area (Å²) in [5, 5.41) is 4.10. The fourth-order valence-electron chi connectivity index (χ4n) is 2.11. The first-order chi connectivity index (χ1) is 8.24. The van der Waals surface area contributed by atoms with Crippen molar-refractivity contribution in [2.45, 2.75) is 13.1 Å². The van der Waals surface area contributed by atoms with E-state index in [9.17, 15) is 4.79 Å². The largest absolute Gasteiger partial charge is 0.399 e. The van der Waals surface area contributed by atoms with Gasteiger partial charge in [-0.05, 0) is 40.1 Å². The summed E-state index contributed by atoms with van der Waals surface area (Å²) in [5.74, 6) is 0.0819. The van der Waals surface area contributed by atoms with Crippen LogP contribution in [0.2, 0.25) is 0 Å². The Labute approximate surface area is 103 Å². The highest BCUT2D eigenvalue weighted by molar-refractivity contribution is 7.07. The lowest BCUT2D eigenvalue weighted by atomic mass is 10.1. The summed E-state index contributed by atoms with van der Waals surface area (Å²) in [6, 6.07) is 7.61. The second-order valence-corrected chi connectivity index (χ2v) is 4.99. The molecule has 2 N–H and O–H groups in total. The van der Waals surface area contributed by atoms with E-state index in [2.05, 4.69) is 11.4 Å². The highest BCUT2D eigenvalue weighted by Gasteiger charge is 2.27. The lowest BCUT2D eigenvalue weighted by molar-refractivity contribution is 0.0767. The van der Waals surface area contributed by atoms with E-state index < -0.39 is 0 Å². The number of anilines is 1. The predicted octanol–water partition coefficient (Wildman–Crippen LogP) is 2.49. The molecule has 0 fully saturated rings. The van der Waals surface area contributed by atoms with Gasteiger partial charge in [0.1, 0.15) is 0 Å². The van der Waals surface area contributed by atoms with Crippen LogP contribution in [0.15, 0.2) is 35.0 Å². The molecule has 3 nitrogen and oxygen atoms in total. The number of hydrogen-bond donors (Lipinski definition) is 1. The van der Waals surface area contributed by atoms with Crippen molar-refractivity contribution in [3.05, 3.63) is 51.7 Å². The lowest BCUT2D eigenvalue weighted by Crippen LogP contribution is -2.22. The molecule has 1 amide bonds. The Bertz CT molecular complexity index is 563. The molecule has 1 aliphatic rings. The lowest BCUT2D eigenvalue weighted by Gasteiger charge is -2.14. The molecular formula is C13H12N2OS. The Balaban J connectivity index is 1.86. The number of amides is 1. The molecule has 1 aromatic heterocycles. The summed E-state index contributed by atoms with van der Waals surface area (Å²) in [6.07, 6.45) is 0. The summed E-state index contributed by atoms with van der Waals surface area (Å²) >= 11 is 1.65. The zero-order valence-electron chi connectivity index (χ0n) is 9.22. The molecule has 2 heterocycles. The number of nitrogens with zero attached hydrogens (tertiary/aromatic N) is 1. The molecule has 2 aromatic rings. The molecule has 0 saturated carbocycles. The van der Waals surface area contributed by atoms with Crippen molar-refractivity contribution in [3.8, 4) is 0 Å². The molecule has 0 unspecified atom stereocenters. The molecule has 0 aliphatic carbocycles. The number of benzene rings is 1. The Kier molecular flexibility index (Phi) is 2.37. The van der Waals surface area contributed by atoms with E-state index in [1.807, 2.05) is 22.4 Å². The molecule has 4 heteroatoms. The number of rotatable bonds is 2. The van der Waals surface area contributed by atoms with Gasteiger partial charge in [-0.25, -0.2) is 0 Å². The smallest absolute Gasteiger partial charge is 0.254 e. The van der Waals surface area contributed by atoms with Crippen LogP contribution in [-0.4, -0.2) is 10.8 Å². The van der Waals surface area contributed by atoms with Gasteiger partial charge in [0, 0.05) is 24.3 Å². The minimum absolute atomic E-state index is 0.0819. The number of nitrogen functional groups attached to an aromatic ring is 1. The second kappa shape index (κ2) is 3.89. The monoisotopic (exact) mass is 244 g/mol. The number of nitrogens with two attached hydrogens (primary N) is 1. The number of thiophene rings is 1. The Morgan fingerprint density at radius 2 is 2.24 bits per heavy atom. The molecule has 0 spiro atoms. The van der Waals surface area contributed by atoms with Gasteiger partial charge in [-0.2, -0.15) is 11.3 Å². The van der Waals surface area contributed by atoms with Gasteiger partial charge in [0.15, 0.2) is 0 Å². The Hall–Kier alpha value is -1.81. The van der Waals surface area contributed by atoms with Crippen molar-refractivity contribution in [1.82, 2.24) is 4.90 Å². The van der Waals surface area contributed by atoms with E-state index in [1.165, 1.54) is 5.56 Å². The fraction of sp³-hybridized carbons (Fsp3) is 0.154. The zero-order chi connectivity index (χ0) is 11.8. The number of carbonyl (C=O) groups is 1. The molecule has 86 valence electrons. The highest BCUT2D eigenvalue weighted by Crippen LogP contribution is 2.26. The van der Waals surface area contributed by atoms with Crippen LogP contribution in [0.5, 0.6) is 0 Å². The number of fused-ring (bicyclic) bond motifs is 1. The van der Waals surface area contributed by atoms with E-state index in [4.69, 9.17) is 5.73 Å². The summed E-state index contributed by atoms with van der Waals surface area (Å²) < 4.78 is 0. The van der Waals surface area contributed by atoms with Crippen LogP contribution in [0.4, 0.5) is 5.69 Å². The Morgan fingerprint density at radius 1 is 1.35 bits per heavy atom. The van der Waals surface area contributed by atoms with Crippen LogP contribution in [0.25, 0.3) is 0 Å². The molecular weight excluding hydrogens is 232 g/mol.